The lowest BCUT2D eigenvalue weighted by Crippen LogP contribution is -1.91. The molecule has 1 atom stereocenters. The SMILES string of the molecule is C=CC(C)c1cc(Br)cc(CC)c1. The molecule has 0 amide bonds. The Bertz CT molecular complexity index is 302. The maximum Gasteiger partial charge on any atom is 0.0180 e. The molecule has 0 aliphatic rings. The van der Waals surface area contributed by atoms with Crippen molar-refractivity contribution in [3.8, 4) is 0 Å². The summed E-state index contributed by atoms with van der Waals surface area (Å²) >= 11 is 3.52. The topological polar surface area (TPSA) is 0 Å². The van der Waals surface area contributed by atoms with E-state index in [9.17, 15) is 0 Å². The first-order chi connectivity index (χ1) is 6.17. The highest BCUT2D eigenvalue weighted by Gasteiger charge is 2.03. The summed E-state index contributed by atoms with van der Waals surface area (Å²) in [4.78, 5) is 0. The van der Waals surface area contributed by atoms with E-state index in [4.69, 9.17) is 0 Å². The van der Waals surface area contributed by atoms with Crippen molar-refractivity contribution in [1.82, 2.24) is 0 Å². The molecule has 0 N–H and O–H groups in total. The molecule has 1 unspecified atom stereocenters. The van der Waals surface area contributed by atoms with Crippen LogP contribution in [-0.2, 0) is 6.42 Å². The molecule has 0 aliphatic heterocycles. The van der Waals surface area contributed by atoms with Crippen LogP contribution in [0.3, 0.4) is 0 Å². The minimum absolute atomic E-state index is 0.433. The van der Waals surface area contributed by atoms with Crippen LogP contribution in [0, 0.1) is 0 Å². The Morgan fingerprint density at radius 1 is 1.46 bits per heavy atom. The summed E-state index contributed by atoms with van der Waals surface area (Å²) in [5.74, 6) is 0.433. The van der Waals surface area contributed by atoms with Crippen molar-refractivity contribution in [2.45, 2.75) is 26.2 Å². The lowest BCUT2D eigenvalue weighted by atomic mass is 9.98. The van der Waals surface area contributed by atoms with Gasteiger partial charge < -0.3 is 0 Å². The van der Waals surface area contributed by atoms with Gasteiger partial charge in [0.15, 0.2) is 0 Å². The van der Waals surface area contributed by atoms with Crippen molar-refractivity contribution in [2.75, 3.05) is 0 Å². The Morgan fingerprint density at radius 2 is 2.15 bits per heavy atom. The Hall–Kier alpha value is -0.560. The van der Waals surface area contributed by atoms with Gasteiger partial charge in [-0.3, -0.25) is 0 Å². The zero-order chi connectivity index (χ0) is 9.84. The molecule has 1 heteroatoms. The molecule has 0 spiro atoms. The molecule has 0 saturated carbocycles. The van der Waals surface area contributed by atoms with Crippen molar-refractivity contribution in [2.24, 2.45) is 0 Å². The first-order valence-electron chi connectivity index (χ1n) is 4.59. The minimum atomic E-state index is 0.433. The molecule has 0 aromatic heterocycles. The zero-order valence-corrected chi connectivity index (χ0v) is 9.76. The number of benzene rings is 1. The smallest absolute Gasteiger partial charge is 0.0180 e. The lowest BCUT2D eigenvalue weighted by molar-refractivity contribution is 0.959. The minimum Gasteiger partial charge on any atom is -0.102 e. The molecule has 0 fully saturated rings. The highest BCUT2D eigenvalue weighted by atomic mass is 79.9. The Balaban J connectivity index is 3.07. The maximum absolute atomic E-state index is 3.81. The lowest BCUT2D eigenvalue weighted by Gasteiger charge is -2.09. The van der Waals surface area contributed by atoms with Gasteiger partial charge in [-0.05, 0) is 35.6 Å². The Morgan fingerprint density at radius 3 is 2.69 bits per heavy atom. The summed E-state index contributed by atoms with van der Waals surface area (Å²) in [6.45, 7) is 8.14. The number of allylic oxidation sites excluding steroid dienone is 1. The zero-order valence-electron chi connectivity index (χ0n) is 8.18. The predicted octanol–water partition coefficient (Wildman–Crippen LogP) is 4.30. The highest BCUT2D eigenvalue weighted by Crippen LogP contribution is 2.23. The van der Waals surface area contributed by atoms with Crippen LogP contribution in [0.1, 0.15) is 30.9 Å². The van der Waals surface area contributed by atoms with Gasteiger partial charge >= 0.3 is 0 Å². The molecule has 0 nitrogen and oxygen atoms in total. The van der Waals surface area contributed by atoms with Crippen molar-refractivity contribution < 1.29 is 0 Å². The largest absolute Gasteiger partial charge is 0.102 e. The van der Waals surface area contributed by atoms with E-state index in [1.807, 2.05) is 6.08 Å². The molecule has 0 bridgehead atoms. The van der Waals surface area contributed by atoms with Crippen molar-refractivity contribution in [1.29, 1.82) is 0 Å². The summed E-state index contributed by atoms with van der Waals surface area (Å²) in [7, 11) is 0. The van der Waals surface area contributed by atoms with Crippen molar-refractivity contribution >= 4 is 15.9 Å². The predicted molar refractivity (Wildman–Crippen MR) is 62.1 cm³/mol. The van der Waals surface area contributed by atoms with Crippen LogP contribution in [0.5, 0.6) is 0 Å². The quantitative estimate of drug-likeness (QED) is 0.690. The second-order valence-corrected chi connectivity index (χ2v) is 4.19. The molecular weight excluding hydrogens is 224 g/mol. The van der Waals surface area contributed by atoms with Gasteiger partial charge in [-0.25, -0.2) is 0 Å². The summed E-state index contributed by atoms with van der Waals surface area (Å²) in [6.07, 6.45) is 3.05. The summed E-state index contributed by atoms with van der Waals surface area (Å²) < 4.78 is 1.16. The second kappa shape index (κ2) is 4.61. The fraction of sp³-hybridized carbons (Fsp3) is 0.333. The third kappa shape index (κ3) is 2.70. The van der Waals surface area contributed by atoms with Gasteiger partial charge in [0, 0.05) is 4.47 Å². The van der Waals surface area contributed by atoms with E-state index in [2.05, 4.69) is 54.6 Å². The van der Waals surface area contributed by atoms with Gasteiger partial charge in [-0.15, -0.1) is 6.58 Å². The molecule has 1 aromatic rings. The molecule has 0 saturated heterocycles. The summed E-state index contributed by atoms with van der Waals surface area (Å²) in [6, 6.07) is 6.57. The van der Waals surface area contributed by atoms with Crippen LogP contribution in [0.25, 0.3) is 0 Å². The first-order valence-corrected chi connectivity index (χ1v) is 5.38. The number of rotatable bonds is 3. The average Bonchev–Trinajstić information content (AvgIpc) is 2.15. The van der Waals surface area contributed by atoms with Gasteiger partial charge in [0.05, 0.1) is 0 Å². The summed E-state index contributed by atoms with van der Waals surface area (Å²) in [5.41, 5.74) is 2.71. The van der Waals surface area contributed by atoms with Gasteiger partial charge in [-0.1, -0.05) is 41.9 Å². The van der Waals surface area contributed by atoms with E-state index in [0.717, 1.165) is 10.9 Å². The van der Waals surface area contributed by atoms with Crippen LogP contribution >= 0.6 is 15.9 Å². The van der Waals surface area contributed by atoms with Gasteiger partial charge in [0.2, 0.25) is 0 Å². The van der Waals surface area contributed by atoms with Crippen LogP contribution in [0.15, 0.2) is 35.3 Å². The van der Waals surface area contributed by atoms with Crippen LogP contribution in [0.4, 0.5) is 0 Å². The summed E-state index contributed by atoms with van der Waals surface area (Å²) in [5, 5.41) is 0. The number of halogens is 1. The number of hydrogen-bond acceptors (Lipinski definition) is 0. The first kappa shape index (κ1) is 10.5. The molecule has 1 rings (SSSR count). The molecule has 0 aliphatic carbocycles. The third-order valence-corrected chi connectivity index (χ3v) is 2.73. The van der Waals surface area contributed by atoms with E-state index in [0.29, 0.717) is 5.92 Å². The fourth-order valence-corrected chi connectivity index (χ4v) is 1.84. The van der Waals surface area contributed by atoms with Crippen LogP contribution < -0.4 is 0 Å². The highest BCUT2D eigenvalue weighted by molar-refractivity contribution is 9.10. The third-order valence-electron chi connectivity index (χ3n) is 2.27. The average molecular weight is 239 g/mol. The van der Waals surface area contributed by atoms with E-state index < -0.39 is 0 Å². The van der Waals surface area contributed by atoms with Crippen LogP contribution in [0.2, 0.25) is 0 Å². The van der Waals surface area contributed by atoms with Gasteiger partial charge in [-0.2, -0.15) is 0 Å². The van der Waals surface area contributed by atoms with Crippen molar-refractivity contribution in [3.05, 3.63) is 46.5 Å². The molecule has 1 aromatic carbocycles. The number of aryl methyl sites for hydroxylation is 1. The van der Waals surface area contributed by atoms with E-state index in [1.165, 1.54) is 11.1 Å². The van der Waals surface area contributed by atoms with Crippen LogP contribution in [-0.4, -0.2) is 0 Å². The van der Waals surface area contributed by atoms with Crippen molar-refractivity contribution in [3.63, 3.8) is 0 Å². The monoisotopic (exact) mass is 238 g/mol. The molecule has 0 heterocycles. The molecule has 70 valence electrons. The van der Waals surface area contributed by atoms with E-state index in [1.54, 1.807) is 0 Å². The second-order valence-electron chi connectivity index (χ2n) is 3.27. The standard InChI is InChI=1S/C12H15Br/c1-4-9(3)11-6-10(5-2)7-12(13)8-11/h4,6-9H,1,5H2,2-3H3. The normalized spacial score (nSPS) is 12.5. The van der Waals surface area contributed by atoms with E-state index >= 15 is 0 Å². The fourth-order valence-electron chi connectivity index (χ4n) is 1.28. The Kier molecular flexibility index (Phi) is 3.73. The molecular formula is C12H15Br. The molecule has 0 radical (unpaired) electrons. The number of hydrogen-bond donors (Lipinski definition) is 0. The van der Waals surface area contributed by atoms with Gasteiger partial charge in [0.25, 0.3) is 0 Å². The maximum atomic E-state index is 3.81. The molecule has 13 heavy (non-hydrogen) atoms. The Labute approximate surface area is 88.8 Å². The van der Waals surface area contributed by atoms with Gasteiger partial charge in [0.1, 0.15) is 0 Å². The van der Waals surface area contributed by atoms with E-state index in [-0.39, 0.29) is 0 Å².